The standard InChI is InChI=1S/C41H69NO5/c1-30(43)45-39-17-9-19-41(29-39)47-38-16-7-13-35(27-38)42(33-24-22-32(23-25-33)21-20-31-10-4-3-5-11-31)34-12-6-15-37(26-34)46-40-18-8-14-36(28-40)44-2/h20-21,31-41H,3-19,22-29H2,1-2H3. The van der Waals surface area contributed by atoms with Crippen molar-refractivity contribution in [1.82, 2.24) is 4.90 Å². The van der Waals surface area contributed by atoms with Gasteiger partial charge >= 0.3 is 5.97 Å². The van der Waals surface area contributed by atoms with Gasteiger partial charge in [0.2, 0.25) is 0 Å². The smallest absolute Gasteiger partial charge is 0.302 e. The second-order valence-electron chi connectivity index (χ2n) is 16.6. The molecule has 0 radical (unpaired) electrons. The highest BCUT2D eigenvalue weighted by molar-refractivity contribution is 5.66. The fourth-order valence-corrected chi connectivity index (χ4v) is 10.7. The van der Waals surface area contributed by atoms with Crippen LogP contribution in [0.2, 0.25) is 0 Å². The zero-order valence-corrected chi connectivity index (χ0v) is 30.2. The Bertz CT molecular complexity index is 957. The molecule has 6 nitrogen and oxygen atoms in total. The normalized spacial score (nSPS) is 39.6. The van der Waals surface area contributed by atoms with Crippen molar-refractivity contribution < 1.29 is 23.7 Å². The minimum Gasteiger partial charge on any atom is -0.462 e. The molecule has 6 fully saturated rings. The first-order valence-electron chi connectivity index (χ1n) is 20.5. The SMILES string of the molecule is COC1CCCC(OC2CCCC(N(C3CCC(C=CC4CCCCC4)CC3)C3CCCC(OC4CCCC(OC(C)=O)C4)C3)C2)C1. The molecule has 47 heavy (non-hydrogen) atoms. The lowest BCUT2D eigenvalue weighted by molar-refractivity contribution is -0.152. The largest absolute Gasteiger partial charge is 0.462 e. The van der Waals surface area contributed by atoms with Gasteiger partial charge < -0.3 is 18.9 Å². The van der Waals surface area contributed by atoms with Crippen LogP contribution in [0.1, 0.15) is 167 Å². The Morgan fingerprint density at radius 3 is 1.51 bits per heavy atom. The highest BCUT2D eigenvalue weighted by atomic mass is 16.5. The molecule has 0 heterocycles. The van der Waals surface area contributed by atoms with Crippen LogP contribution < -0.4 is 0 Å². The van der Waals surface area contributed by atoms with E-state index in [1.165, 1.54) is 129 Å². The Kier molecular flexibility index (Phi) is 14.0. The molecular formula is C41H69NO5. The molecular weight excluding hydrogens is 586 g/mol. The van der Waals surface area contributed by atoms with Crippen molar-refractivity contribution in [2.45, 2.75) is 222 Å². The molecule has 0 amide bonds. The summed E-state index contributed by atoms with van der Waals surface area (Å²) in [6, 6.07) is 1.93. The van der Waals surface area contributed by atoms with E-state index < -0.39 is 0 Å². The lowest BCUT2D eigenvalue weighted by Gasteiger charge is -2.50. The maximum absolute atomic E-state index is 11.6. The third-order valence-corrected chi connectivity index (χ3v) is 13.1. The summed E-state index contributed by atoms with van der Waals surface area (Å²) in [4.78, 5) is 14.7. The Balaban J connectivity index is 1.09. The molecule has 6 heteroatoms. The highest BCUT2D eigenvalue weighted by Crippen LogP contribution is 2.40. The van der Waals surface area contributed by atoms with Crippen molar-refractivity contribution in [3.63, 3.8) is 0 Å². The summed E-state index contributed by atoms with van der Waals surface area (Å²) in [6.45, 7) is 1.54. The minimum atomic E-state index is -0.153. The van der Waals surface area contributed by atoms with Gasteiger partial charge in [0.05, 0.1) is 30.5 Å². The molecule has 268 valence electrons. The van der Waals surface area contributed by atoms with Crippen molar-refractivity contribution >= 4 is 5.97 Å². The molecule has 8 unspecified atom stereocenters. The van der Waals surface area contributed by atoms with E-state index in [0.29, 0.717) is 42.5 Å². The third kappa shape index (κ3) is 10.8. The van der Waals surface area contributed by atoms with Gasteiger partial charge in [-0.15, -0.1) is 0 Å². The van der Waals surface area contributed by atoms with Crippen LogP contribution in [0, 0.1) is 11.8 Å². The zero-order valence-electron chi connectivity index (χ0n) is 30.2. The first-order valence-corrected chi connectivity index (χ1v) is 20.5. The van der Waals surface area contributed by atoms with Crippen LogP contribution >= 0.6 is 0 Å². The fourth-order valence-electron chi connectivity index (χ4n) is 10.7. The van der Waals surface area contributed by atoms with E-state index in [9.17, 15) is 4.79 Å². The molecule has 0 saturated heterocycles. The van der Waals surface area contributed by atoms with Crippen LogP contribution in [-0.4, -0.2) is 72.7 Å². The summed E-state index contributed by atoms with van der Waals surface area (Å²) in [5.41, 5.74) is 0. The van der Waals surface area contributed by atoms with Crippen LogP contribution in [-0.2, 0) is 23.7 Å². The number of ether oxygens (including phenoxy) is 4. The number of methoxy groups -OCH3 is 1. The maximum Gasteiger partial charge on any atom is 0.302 e. The van der Waals surface area contributed by atoms with E-state index in [-0.39, 0.29) is 18.2 Å². The van der Waals surface area contributed by atoms with E-state index in [0.717, 1.165) is 50.4 Å². The third-order valence-electron chi connectivity index (χ3n) is 13.1. The minimum absolute atomic E-state index is 0.0342. The van der Waals surface area contributed by atoms with Gasteiger partial charge in [0.1, 0.15) is 6.10 Å². The number of esters is 1. The van der Waals surface area contributed by atoms with E-state index >= 15 is 0 Å². The van der Waals surface area contributed by atoms with E-state index in [2.05, 4.69) is 17.1 Å². The summed E-state index contributed by atoms with van der Waals surface area (Å²) < 4.78 is 25.2. The van der Waals surface area contributed by atoms with Crippen molar-refractivity contribution in [3.8, 4) is 0 Å². The van der Waals surface area contributed by atoms with Gasteiger partial charge in [-0.2, -0.15) is 0 Å². The predicted octanol–water partition coefficient (Wildman–Crippen LogP) is 9.47. The van der Waals surface area contributed by atoms with Gasteiger partial charge in [-0.25, -0.2) is 0 Å². The van der Waals surface area contributed by atoms with Crippen LogP contribution in [0.15, 0.2) is 12.2 Å². The number of hydrogen-bond donors (Lipinski definition) is 0. The fraction of sp³-hybridized carbons (Fsp3) is 0.927. The Hall–Kier alpha value is -0.950. The zero-order chi connectivity index (χ0) is 32.4. The van der Waals surface area contributed by atoms with Crippen molar-refractivity contribution in [3.05, 3.63) is 12.2 Å². The molecule has 6 aliphatic rings. The summed E-state index contributed by atoms with van der Waals surface area (Å²) >= 11 is 0. The molecule has 6 aliphatic carbocycles. The highest BCUT2D eigenvalue weighted by Gasteiger charge is 2.40. The van der Waals surface area contributed by atoms with Gasteiger partial charge in [0.15, 0.2) is 0 Å². The Labute approximate surface area is 287 Å². The van der Waals surface area contributed by atoms with Crippen LogP contribution in [0.3, 0.4) is 0 Å². The monoisotopic (exact) mass is 656 g/mol. The quantitative estimate of drug-likeness (QED) is 0.163. The number of allylic oxidation sites excluding steroid dienone is 2. The molecule has 6 saturated carbocycles. The lowest BCUT2D eigenvalue weighted by Crippen LogP contribution is -2.55. The van der Waals surface area contributed by atoms with Crippen LogP contribution in [0.25, 0.3) is 0 Å². The lowest BCUT2D eigenvalue weighted by atomic mass is 9.79. The predicted molar refractivity (Wildman–Crippen MR) is 188 cm³/mol. The average molecular weight is 656 g/mol. The number of rotatable bonds is 11. The summed E-state index contributed by atoms with van der Waals surface area (Å²) in [7, 11) is 1.87. The van der Waals surface area contributed by atoms with Gasteiger partial charge in [-0.3, -0.25) is 9.69 Å². The van der Waals surface area contributed by atoms with Crippen molar-refractivity contribution in [2.75, 3.05) is 7.11 Å². The van der Waals surface area contributed by atoms with E-state index in [1.807, 2.05) is 7.11 Å². The first kappa shape index (κ1) is 35.9. The number of hydrogen-bond acceptors (Lipinski definition) is 6. The maximum atomic E-state index is 11.6. The van der Waals surface area contributed by atoms with Crippen LogP contribution in [0.4, 0.5) is 0 Å². The van der Waals surface area contributed by atoms with Crippen LogP contribution in [0.5, 0.6) is 0 Å². The van der Waals surface area contributed by atoms with Gasteiger partial charge in [0.25, 0.3) is 0 Å². The second-order valence-corrected chi connectivity index (χ2v) is 16.6. The van der Waals surface area contributed by atoms with Gasteiger partial charge in [0, 0.05) is 38.6 Å². The molecule has 0 spiro atoms. The first-order chi connectivity index (χ1) is 23.0. The molecule has 0 aliphatic heterocycles. The number of nitrogens with zero attached hydrogens (tertiary/aromatic N) is 1. The van der Waals surface area contributed by atoms with E-state index in [4.69, 9.17) is 18.9 Å². The molecule has 0 aromatic carbocycles. The topological polar surface area (TPSA) is 57.2 Å². The van der Waals surface area contributed by atoms with Gasteiger partial charge in [-0.1, -0.05) is 31.4 Å². The molecule has 0 aromatic heterocycles. The number of carbonyl (C=O) groups is 1. The molecule has 8 atom stereocenters. The summed E-state index contributed by atoms with van der Waals surface area (Å²) in [5, 5.41) is 0. The van der Waals surface area contributed by atoms with Crippen molar-refractivity contribution in [1.29, 1.82) is 0 Å². The second kappa shape index (κ2) is 18.3. The summed E-state index contributed by atoms with van der Waals surface area (Å²) in [6.07, 6.45) is 38.2. The van der Waals surface area contributed by atoms with Gasteiger partial charge in [-0.05, 0) is 147 Å². The van der Waals surface area contributed by atoms with Crippen molar-refractivity contribution in [2.24, 2.45) is 11.8 Å². The molecule has 0 bridgehead atoms. The Morgan fingerprint density at radius 2 is 0.957 bits per heavy atom. The van der Waals surface area contributed by atoms with E-state index in [1.54, 1.807) is 0 Å². The summed E-state index contributed by atoms with van der Waals surface area (Å²) in [5.74, 6) is 1.46. The number of carbonyl (C=O) groups excluding carboxylic acids is 1. The molecule has 0 N–H and O–H groups in total. The average Bonchev–Trinajstić information content (AvgIpc) is 3.09. The Morgan fingerprint density at radius 1 is 0.489 bits per heavy atom. The molecule has 6 rings (SSSR count). The molecule has 0 aromatic rings.